The molecule has 1 aliphatic rings. The smallest absolute Gasteiger partial charge is 0.362 e. The van der Waals surface area contributed by atoms with Crippen molar-refractivity contribution in [2.45, 2.75) is 26.1 Å². The Balaban J connectivity index is 1.35. The summed E-state index contributed by atoms with van der Waals surface area (Å²) in [6, 6.07) is 2.12. The van der Waals surface area contributed by atoms with Crippen molar-refractivity contribution < 1.29 is 13.2 Å². The molecule has 0 radical (unpaired) electrons. The van der Waals surface area contributed by atoms with E-state index in [-0.39, 0.29) is 12.0 Å². The summed E-state index contributed by atoms with van der Waals surface area (Å²) in [6.45, 7) is 5.15. The summed E-state index contributed by atoms with van der Waals surface area (Å²) in [7, 11) is 0. The van der Waals surface area contributed by atoms with Crippen LogP contribution in [-0.2, 0) is 6.18 Å². The van der Waals surface area contributed by atoms with Gasteiger partial charge in [-0.05, 0) is 25.5 Å². The lowest BCUT2D eigenvalue weighted by molar-refractivity contribution is -0.138. The Morgan fingerprint density at radius 1 is 1.10 bits per heavy atom. The van der Waals surface area contributed by atoms with E-state index < -0.39 is 11.7 Å². The van der Waals surface area contributed by atoms with Gasteiger partial charge in [0.15, 0.2) is 0 Å². The monoisotopic (exact) mass is 431 g/mol. The van der Waals surface area contributed by atoms with Gasteiger partial charge >= 0.3 is 6.18 Å². The first kappa shape index (κ1) is 18.9. The molecule has 4 aromatic heterocycles. The van der Waals surface area contributed by atoms with E-state index >= 15 is 0 Å². The average molecular weight is 431 g/mol. The Kier molecular flexibility index (Phi) is 4.24. The summed E-state index contributed by atoms with van der Waals surface area (Å²) in [5, 5.41) is 4.45. The van der Waals surface area contributed by atoms with E-state index in [4.69, 9.17) is 0 Å². The Morgan fingerprint density at radius 3 is 2.53 bits per heavy atom. The fourth-order valence-corrected chi connectivity index (χ4v) is 4.77. The van der Waals surface area contributed by atoms with Crippen molar-refractivity contribution in [2.75, 3.05) is 23.3 Å². The first-order valence-corrected chi connectivity index (χ1v) is 10.0. The molecule has 30 heavy (non-hydrogen) atoms. The second-order valence-electron chi connectivity index (χ2n) is 7.28. The molecule has 154 valence electrons. The number of alkyl halides is 3. The number of hydrogen-bond acceptors (Lipinski definition) is 8. The maximum Gasteiger partial charge on any atom is 0.419 e. The fourth-order valence-electron chi connectivity index (χ4n) is 3.57. The van der Waals surface area contributed by atoms with Gasteiger partial charge in [-0.1, -0.05) is 0 Å². The van der Waals surface area contributed by atoms with Crippen LogP contribution in [0.4, 0.5) is 24.9 Å². The lowest BCUT2D eigenvalue weighted by Gasteiger charge is -2.39. The Bertz CT molecular complexity index is 1250. The van der Waals surface area contributed by atoms with Crippen LogP contribution in [0.3, 0.4) is 0 Å². The molecule has 0 spiro atoms. The normalized spacial score (nSPS) is 15.0. The van der Waals surface area contributed by atoms with Gasteiger partial charge in [0, 0.05) is 36.6 Å². The van der Waals surface area contributed by atoms with Crippen LogP contribution in [-0.4, -0.2) is 44.1 Å². The van der Waals surface area contributed by atoms with Crippen molar-refractivity contribution in [3.05, 3.63) is 41.6 Å². The molecule has 1 saturated heterocycles. The van der Waals surface area contributed by atoms with Crippen molar-refractivity contribution in [2.24, 2.45) is 0 Å². The van der Waals surface area contributed by atoms with Crippen molar-refractivity contribution in [3.63, 3.8) is 0 Å². The van der Waals surface area contributed by atoms with E-state index in [1.807, 2.05) is 24.8 Å². The molecule has 0 amide bonds. The second kappa shape index (κ2) is 6.73. The summed E-state index contributed by atoms with van der Waals surface area (Å²) in [4.78, 5) is 23.9. The third kappa shape index (κ3) is 3.18. The molecule has 0 aliphatic carbocycles. The van der Waals surface area contributed by atoms with Crippen LogP contribution in [0.1, 0.15) is 16.8 Å². The Morgan fingerprint density at radius 2 is 1.83 bits per heavy atom. The molecule has 0 unspecified atom stereocenters. The topological polar surface area (TPSA) is 79.7 Å². The van der Waals surface area contributed by atoms with E-state index in [0.717, 1.165) is 49.9 Å². The minimum absolute atomic E-state index is 0.0787. The zero-order valence-electron chi connectivity index (χ0n) is 16.0. The SMILES string of the molecule is Cc1cc(C)c2c(n1)sc1c(NC3CN(c4ncc(C(F)(F)F)cn4)C3)ncnc12. The van der Waals surface area contributed by atoms with Crippen LogP contribution < -0.4 is 10.2 Å². The number of pyridine rings is 1. The van der Waals surface area contributed by atoms with Gasteiger partial charge in [-0.3, -0.25) is 0 Å². The van der Waals surface area contributed by atoms with Crippen molar-refractivity contribution in [3.8, 4) is 0 Å². The number of halogens is 3. The minimum Gasteiger partial charge on any atom is -0.362 e. The summed E-state index contributed by atoms with van der Waals surface area (Å²) in [6.07, 6.45) is -1.28. The van der Waals surface area contributed by atoms with Crippen LogP contribution in [0.15, 0.2) is 24.8 Å². The fraction of sp³-hybridized carbons (Fsp3) is 0.316. The molecule has 1 aliphatic heterocycles. The number of fused-ring (bicyclic) bond motifs is 3. The molecule has 11 heteroatoms. The van der Waals surface area contributed by atoms with Gasteiger partial charge in [0.1, 0.15) is 17.0 Å². The van der Waals surface area contributed by atoms with Crippen LogP contribution in [0, 0.1) is 13.8 Å². The summed E-state index contributed by atoms with van der Waals surface area (Å²) in [5.41, 5.74) is 2.11. The van der Waals surface area contributed by atoms with Gasteiger partial charge in [-0.2, -0.15) is 13.2 Å². The second-order valence-corrected chi connectivity index (χ2v) is 8.28. The maximum atomic E-state index is 12.7. The number of aryl methyl sites for hydroxylation is 2. The third-order valence-electron chi connectivity index (χ3n) is 5.02. The molecule has 0 saturated carbocycles. The molecular weight excluding hydrogens is 415 g/mol. The van der Waals surface area contributed by atoms with Gasteiger partial charge in [-0.25, -0.2) is 24.9 Å². The largest absolute Gasteiger partial charge is 0.419 e. The highest BCUT2D eigenvalue weighted by atomic mass is 32.1. The van der Waals surface area contributed by atoms with Gasteiger partial charge in [0.2, 0.25) is 5.95 Å². The summed E-state index contributed by atoms with van der Waals surface area (Å²) >= 11 is 1.55. The number of thiophene rings is 1. The molecule has 4 aromatic rings. The van der Waals surface area contributed by atoms with E-state index in [0.29, 0.717) is 13.1 Å². The number of nitrogens with zero attached hydrogens (tertiary/aromatic N) is 6. The highest BCUT2D eigenvalue weighted by molar-refractivity contribution is 7.26. The van der Waals surface area contributed by atoms with E-state index in [9.17, 15) is 13.2 Å². The molecule has 5 heterocycles. The number of hydrogen-bond donors (Lipinski definition) is 1. The molecule has 1 fully saturated rings. The first-order valence-electron chi connectivity index (χ1n) is 9.22. The molecule has 7 nitrogen and oxygen atoms in total. The first-order chi connectivity index (χ1) is 14.3. The quantitative estimate of drug-likeness (QED) is 0.526. The lowest BCUT2D eigenvalue weighted by atomic mass is 10.1. The highest BCUT2D eigenvalue weighted by Gasteiger charge is 2.33. The van der Waals surface area contributed by atoms with E-state index in [1.54, 1.807) is 11.3 Å². The predicted molar refractivity (Wildman–Crippen MR) is 109 cm³/mol. The molecule has 5 rings (SSSR count). The Labute approximate surface area is 173 Å². The van der Waals surface area contributed by atoms with Gasteiger partial charge < -0.3 is 10.2 Å². The summed E-state index contributed by atoms with van der Waals surface area (Å²) in [5.74, 6) is 1.02. The van der Waals surface area contributed by atoms with Gasteiger partial charge in [0.05, 0.1) is 21.8 Å². The average Bonchev–Trinajstić information content (AvgIpc) is 3.03. The number of anilines is 2. The van der Waals surface area contributed by atoms with Crippen LogP contribution in [0.2, 0.25) is 0 Å². The van der Waals surface area contributed by atoms with Crippen molar-refractivity contribution >= 4 is 43.5 Å². The number of rotatable bonds is 3. The molecule has 1 N–H and O–H groups in total. The van der Waals surface area contributed by atoms with Gasteiger partial charge in [0.25, 0.3) is 0 Å². The number of aromatic nitrogens is 5. The summed E-state index contributed by atoms with van der Waals surface area (Å²) < 4.78 is 38.9. The van der Waals surface area contributed by atoms with Crippen LogP contribution in [0.25, 0.3) is 20.4 Å². The van der Waals surface area contributed by atoms with Crippen molar-refractivity contribution in [1.29, 1.82) is 0 Å². The van der Waals surface area contributed by atoms with Crippen LogP contribution in [0.5, 0.6) is 0 Å². The number of nitrogens with one attached hydrogen (secondary N) is 1. The molecule has 0 atom stereocenters. The van der Waals surface area contributed by atoms with Crippen molar-refractivity contribution in [1.82, 2.24) is 24.9 Å². The Hall–Kier alpha value is -3.08. The minimum atomic E-state index is -4.44. The van der Waals surface area contributed by atoms with E-state index in [1.165, 1.54) is 6.33 Å². The predicted octanol–water partition coefficient (Wildman–Crippen LogP) is 3.97. The zero-order valence-corrected chi connectivity index (χ0v) is 16.8. The maximum absolute atomic E-state index is 12.7. The zero-order chi connectivity index (χ0) is 21.0. The lowest BCUT2D eigenvalue weighted by Crippen LogP contribution is -2.55. The van der Waals surface area contributed by atoms with Crippen LogP contribution >= 0.6 is 11.3 Å². The van der Waals surface area contributed by atoms with E-state index in [2.05, 4.69) is 30.2 Å². The highest BCUT2D eigenvalue weighted by Crippen LogP contribution is 2.37. The molecule has 0 bridgehead atoms. The third-order valence-corrected chi connectivity index (χ3v) is 6.10. The van der Waals surface area contributed by atoms with Gasteiger partial charge in [-0.15, -0.1) is 11.3 Å². The molecular formula is C19H16F3N7S. The standard InChI is InChI=1S/C19H16F3N7S/c1-9-3-10(2)27-17-13(9)14-15(30-17)16(26-8-25-14)28-12-6-29(7-12)18-23-4-11(5-24-18)19(20,21)22/h3-5,8,12H,6-7H2,1-2H3,(H,25,26,28). The molecule has 0 aromatic carbocycles.